The largest absolute Gasteiger partial charge is 0.287 e. The average molecular weight is 521 g/mol. The van der Waals surface area contributed by atoms with E-state index in [0.717, 1.165) is 16.7 Å². The maximum absolute atomic E-state index is 13.8. The Morgan fingerprint density at radius 2 is 0.897 bits per heavy atom. The van der Waals surface area contributed by atoms with E-state index in [4.69, 9.17) is 0 Å². The molecular weight excluding hydrogens is 480 g/mol. The van der Waals surface area contributed by atoms with E-state index in [1.165, 1.54) is 5.56 Å². The molecule has 0 saturated carbocycles. The first-order chi connectivity index (χ1) is 18.1. The molecule has 4 rings (SSSR count). The molecule has 0 atom stereocenters. The third-order valence-electron chi connectivity index (χ3n) is 7.27. The Bertz CT molecular complexity index is 1400. The average Bonchev–Trinajstić information content (AvgIpc) is 3.31. The van der Waals surface area contributed by atoms with Crippen LogP contribution in [0.15, 0.2) is 72.8 Å². The number of hydrogen-bond acceptors (Lipinski definition) is 3. The molecule has 3 aromatic carbocycles. The third-order valence-corrected chi connectivity index (χ3v) is 7.27. The predicted molar refractivity (Wildman–Crippen MR) is 160 cm³/mol. The second kappa shape index (κ2) is 10.1. The van der Waals surface area contributed by atoms with Crippen LogP contribution < -0.4 is 0 Å². The van der Waals surface area contributed by atoms with Crippen LogP contribution in [0, 0.1) is 0 Å². The van der Waals surface area contributed by atoms with Gasteiger partial charge in [0.2, 0.25) is 11.6 Å². The third kappa shape index (κ3) is 5.95. The summed E-state index contributed by atoms with van der Waals surface area (Å²) < 4.78 is 0. The zero-order valence-corrected chi connectivity index (χ0v) is 24.7. The van der Waals surface area contributed by atoms with Crippen molar-refractivity contribution in [2.75, 3.05) is 0 Å². The fourth-order valence-electron chi connectivity index (χ4n) is 4.61. The Hall–Kier alpha value is -3.79. The number of H-pyrrole nitrogens is 1. The molecule has 0 amide bonds. The first-order valence-corrected chi connectivity index (χ1v) is 13.6. The second-order valence-corrected chi connectivity index (χ2v) is 13.5. The first kappa shape index (κ1) is 28.2. The lowest BCUT2D eigenvalue weighted by Gasteiger charge is -2.19. The quantitative estimate of drug-likeness (QED) is 0.269. The number of aromatic nitrogens is 2. The number of rotatable bonds is 5. The molecule has 0 fully saturated rings. The Morgan fingerprint density at radius 1 is 0.538 bits per heavy atom. The van der Waals surface area contributed by atoms with Crippen LogP contribution in [0.25, 0.3) is 11.1 Å². The number of carbonyl (C=O) groups excluding carboxylic acids is 2. The summed E-state index contributed by atoms with van der Waals surface area (Å²) >= 11 is 0. The smallest absolute Gasteiger partial charge is 0.213 e. The van der Waals surface area contributed by atoms with Gasteiger partial charge < -0.3 is 0 Å². The number of hydrogen-bond donors (Lipinski definition) is 1. The normalized spacial score (nSPS) is 12.4. The van der Waals surface area contributed by atoms with Crippen LogP contribution in [-0.2, 0) is 16.2 Å². The fourth-order valence-corrected chi connectivity index (χ4v) is 4.61. The topological polar surface area (TPSA) is 62.8 Å². The van der Waals surface area contributed by atoms with Crippen molar-refractivity contribution < 1.29 is 9.59 Å². The molecule has 0 saturated heterocycles. The van der Waals surface area contributed by atoms with Gasteiger partial charge in [-0.3, -0.25) is 14.7 Å². The van der Waals surface area contributed by atoms with Gasteiger partial charge in [0.15, 0.2) is 0 Å². The van der Waals surface area contributed by atoms with E-state index in [0.29, 0.717) is 22.4 Å². The highest BCUT2D eigenvalue weighted by molar-refractivity contribution is 6.18. The van der Waals surface area contributed by atoms with E-state index in [1.807, 2.05) is 60.7 Å². The maximum atomic E-state index is 13.8. The van der Waals surface area contributed by atoms with Crippen molar-refractivity contribution in [1.29, 1.82) is 0 Å². The lowest BCUT2D eigenvalue weighted by molar-refractivity contribution is 0.102. The minimum absolute atomic E-state index is 0.0162. The summed E-state index contributed by atoms with van der Waals surface area (Å²) in [5.41, 5.74) is 6.38. The highest BCUT2D eigenvalue weighted by atomic mass is 16.1. The predicted octanol–water partition coefficient (Wildman–Crippen LogP) is 8.43. The molecule has 0 bridgehead atoms. The van der Waals surface area contributed by atoms with Crippen molar-refractivity contribution in [3.63, 3.8) is 0 Å². The SMILES string of the molecule is CC(C)(C)c1ccc(C(=O)c2n[nH]c(C(=O)c3ccc(C(C)(C)C)cc3)c2-c2ccc(C(C)(C)C)cc2)cc1. The van der Waals surface area contributed by atoms with Gasteiger partial charge in [-0.05, 0) is 38.5 Å². The number of ketones is 2. The van der Waals surface area contributed by atoms with Gasteiger partial charge in [-0.1, -0.05) is 135 Å². The molecular formula is C35H40N2O2. The number of benzene rings is 3. The van der Waals surface area contributed by atoms with Gasteiger partial charge in [0.1, 0.15) is 11.4 Å². The lowest BCUT2D eigenvalue weighted by Crippen LogP contribution is -2.12. The second-order valence-electron chi connectivity index (χ2n) is 13.5. The molecule has 0 aliphatic heterocycles. The summed E-state index contributed by atoms with van der Waals surface area (Å²) in [4.78, 5) is 27.5. The first-order valence-electron chi connectivity index (χ1n) is 13.6. The van der Waals surface area contributed by atoms with Gasteiger partial charge in [0.05, 0.1) is 0 Å². The molecule has 202 valence electrons. The van der Waals surface area contributed by atoms with Crippen LogP contribution in [0.1, 0.15) is 111 Å². The fraction of sp³-hybridized carbons (Fsp3) is 0.343. The van der Waals surface area contributed by atoms with Gasteiger partial charge in [0.25, 0.3) is 0 Å². The van der Waals surface area contributed by atoms with E-state index in [2.05, 4.69) is 84.6 Å². The highest BCUT2D eigenvalue weighted by Gasteiger charge is 2.27. The Labute approximate surface area is 232 Å². The Kier molecular flexibility index (Phi) is 7.29. The van der Waals surface area contributed by atoms with Crippen molar-refractivity contribution in [2.45, 2.75) is 78.6 Å². The zero-order chi connectivity index (χ0) is 28.8. The molecule has 0 unspecified atom stereocenters. The molecule has 0 radical (unpaired) electrons. The van der Waals surface area contributed by atoms with Crippen molar-refractivity contribution in [3.05, 3.63) is 112 Å². The van der Waals surface area contributed by atoms with E-state index in [9.17, 15) is 9.59 Å². The van der Waals surface area contributed by atoms with Gasteiger partial charge in [-0.25, -0.2) is 0 Å². The van der Waals surface area contributed by atoms with Crippen molar-refractivity contribution >= 4 is 11.6 Å². The van der Waals surface area contributed by atoms with Crippen LogP contribution >= 0.6 is 0 Å². The molecule has 4 nitrogen and oxygen atoms in total. The van der Waals surface area contributed by atoms with Crippen LogP contribution in [0.5, 0.6) is 0 Å². The van der Waals surface area contributed by atoms with Crippen LogP contribution in [0.2, 0.25) is 0 Å². The molecule has 1 N–H and O–H groups in total. The number of carbonyl (C=O) groups is 2. The monoisotopic (exact) mass is 520 g/mol. The number of nitrogens with one attached hydrogen (secondary N) is 1. The van der Waals surface area contributed by atoms with Crippen LogP contribution in [-0.4, -0.2) is 21.8 Å². The highest BCUT2D eigenvalue weighted by Crippen LogP contribution is 2.33. The van der Waals surface area contributed by atoms with Crippen molar-refractivity contribution in [3.8, 4) is 11.1 Å². The van der Waals surface area contributed by atoms with E-state index >= 15 is 0 Å². The lowest BCUT2D eigenvalue weighted by atomic mass is 9.85. The summed E-state index contributed by atoms with van der Waals surface area (Å²) in [6, 6.07) is 23.4. The zero-order valence-electron chi connectivity index (χ0n) is 24.7. The molecule has 1 heterocycles. The van der Waals surface area contributed by atoms with E-state index in [1.54, 1.807) is 0 Å². The summed E-state index contributed by atoms with van der Waals surface area (Å²) in [5.74, 6) is -0.413. The van der Waals surface area contributed by atoms with Gasteiger partial charge >= 0.3 is 0 Å². The molecule has 0 spiro atoms. The minimum atomic E-state index is -0.219. The van der Waals surface area contributed by atoms with Gasteiger partial charge in [-0.15, -0.1) is 0 Å². The standard InChI is InChI=1S/C35H40N2O2/c1-33(2,3)25-16-10-22(11-17-25)28-29(31(38)23-12-18-26(19-13-23)34(4,5)6)36-37-30(28)32(39)24-14-20-27(21-15-24)35(7,8)9/h10-21H,1-9H3,(H,36,37). The molecule has 39 heavy (non-hydrogen) atoms. The molecule has 1 aromatic heterocycles. The van der Waals surface area contributed by atoms with Crippen LogP contribution in [0.3, 0.4) is 0 Å². The Morgan fingerprint density at radius 3 is 1.28 bits per heavy atom. The maximum Gasteiger partial charge on any atom is 0.213 e. The van der Waals surface area contributed by atoms with Crippen LogP contribution in [0.4, 0.5) is 0 Å². The molecule has 4 aromatic rings. The van der Waals surface area contributed by atoms with Gasteiger partial charge in [0, 0.05) is 16.7 Å². The van der Waals surface area contributed by atoms with E-state index < -0.39 is 0 Å². The number of aromatic amines is 1. The summed E-state index contributed by atoms with van der Waals surface area (Å²) in [7, 11) is 0. The van der Waals surface area contributed by atoms with Crippen molar-refractivity contribution in [2.24, 2.45) is 0 Å². The Balaban J connectivity index is 1.81. The van der Waals surface area contributed by atoms with Crippen molar-refractivity contribution in [1.82, 2.24) is 10.2 Å². The summed E-state index contributed by atoms with van der Waals surface area (Å²) in [5, 5.41) is 7.35. The van der Waals surface area contributed by atoms with E-state index in [-0.39, 0.29) is 33.5 Å². The molecule has 0 aliphatic rings. The van der Waals surface area contributed by atoms with Gasteiger partial charge in [-0.2, -0.15) is 5.10 Å². The number of nitrogens with zero attached hydrogens (tertiary/aromatic N) is 1. The molecule has 0 aliphatic carbocycles. The summed E-state index contributed by atoms with van der Waals surface area (Å²) in [6.07, 6.45) is 0. The minimum Gasteiger partial charge on any atom is -0.287 e. The molecule has 4 heteroatoms. The summed E-state index contributed by atoms with van der Waals surface area (Å²) in [6.45, 7) is 19.3.